The van der Waals surface area contributed by atoms with Crippen molar-refractivity contribution in [2.75, 3.05) is 165 Å². The molecule has 5 heterocycles. The third kappa shape index (κ3) is 26.9. The van der Waals surface area contributed by atoms with E-state index >= 15 is 0 Å². The Hall–Kier alpha value is -9.55. The van der Waals surface area contributed by atoms with Gasteiger partial charge in [0.2, 0.25) is 29.4 Å². The van der Waals surface area contributed by atoms with Crippen molar-refractivity contribution in [3.8, 4) is 5.75 Å². The van der Waals surface area contributed by atoms with Gasteiger partial charge in [0.05, 0.1) is 117 Å². The second-order valence-electron chi connectivity index (χ2n) is 19.8. The van der Waals surface area contributed by atoms with Crippen LogP contribution in [0.25, 0.3) is 0 Å². The molecule has 12 N–H and O–H groups in total. The Morgan fingerprint density at radius 1 is 0.435 bits per heavy atom. The van der Waals surface area contributed by atoms with Gasteiger partial charge in [-0.05, 0) is 36.4 Å². The Morgan fingerprint density at radius 3 is 1.26 bits per heavy atom. The monoisotopic (exact) mass is 1290 g/mol. The number of hydrogen-bond acceptors (Lipinski definition) is 21. The molecule has 0 atom stereocenters. The topological polar surface area (TPSA) is 427 Å². The number of carbonyl (C=O) groups excluding carboxylic acids is 8. The van der Waals surface area contributed by atoms with Crippen molar-refractivity contribution in [2.45, 2.75) is 19.3 Å². The smallest absolute Gasteiger partial charge is 0.291 e. The number of nitrogen functional groups attached to an aromatic ring is 1. The average Bonchev–Trinajstić information content (AvgIpc) is 3.68. The molecule has 34 nitrogen and oxygen atoms in total. The maximum atomic E-state index is 13.1. The Bertz CT molecular complexity index is 3270. The van der Waals surface area contributed by atoms with Gasteiger partial charge in [0, 0.05) is 109 Å². The van der Waals surface area contributed by atoms with Crippen molar-refractivity contribution in [3.63, 3.8) is 0 Å². The van der Waals surface area contributed by atoms with E-state index in [9.17, 15) is 38.4 Å². The zero-order valence-corrected chi connectivity index (χ0v) is 51.6. The highest BCUT2D eigenvalue weighted by Crippen LogP contribution is 2.16. The first-order valence-corrected chi connectivity index (χ1v) is 29.5. The maximum absolute atomic E-state index is 13.1. The highest BCUT2D eigenvalue weighted by atomic mass is 16.6. The molecular weight excluding hydrogens is 1210 g/mol. The minimum atomic E-state index is -0.649. The molecule has 0 unspecified atom stereocenters. The summed E-state index contributed by atoms with van der Waals surface area (Å²) < 4.78 is 53.9. The summed E-state index contributed by atoms with van der Waals surface area (Å²) in [7, 11) is 4.79. The summed E-state index contributed by atoms with van der Waals surface area (Å²) in [6.45, 7) is 7.32. The molecule has 0 radical (unpaired) electrons. The number of ether oxygens (including phenoxy) is 9. The number of amides is 8. The van der Waals surface area contributed by atoms with E-state index < -0.39 is 41.4 Å². The van der Waals surface area contributed by atoms with E-state index in [1.54, 1.807) is 44.0 Å². The molecule has 500 valence electrons. The number of aromatic nitrogens is 8. The highest BCUT2D eigenvalue weighted by Gasteiger charge is 2.20. The Balaban J connectivity index is 0.697. The van der Waals surface area contributed by atoms with Gasteiger partial charge in [0.15, 0.2) is 17.5 Å². The summed E-state index contributed by atoms with van der Waals surface area (Å²) in [5, 5.41) is 21.0. The molecule has 0 spiro atoms. The molecule has 6 rings (SSSR count). The van der Waals surface area contributed by atoms with Crippen LogP contribution in [0.1, 0.15) is 72.1 Å². The second kappa shape index (κ2) is 40.2. The lowest BCUT2D eigenvalue weighted by Crippen LogP contribution is -2.33. The van der Waals surface area contributed by atoms with Crippen LogP contribution in [0.5, 0.6) is 5.75 Å². The van der Waals surface area contributed by atoms with Gasteiger partial charge in [-0.2, -0.15) is 0 Å². The number of aromatic amines is 2. The first-order valence-electron chi connectivity index (χ1n) is 29.5. The molecular formula is C58H81N17O17. The Morgan fingerprint density at radius 2 is 0.826 bits per heavy atom. The van der Waals surface area contributed by atoms with Crippen LogP contribution in [0, 0.1) is 0 Å². The maximum Gasteiger partial charge on any atom is 0.291 e. The first-order chi connectivity index (χ1) is 44.6. The van der Waals surface area contributed by atoms with Crippen LogP contribution < -0.4 is 53.0 Å². The lowest BCUT2D eigenvalue weighted by Gasteiger charge is -2.09. The van der Waals surface area contributed by atoms with Gasteiger partial charge in [-0.3, -0.25) is 38.4 Å². The van der Waals surface area contributed by atoms with Crippen LogP contribution in [0.2, 0.25) is 0 Å². The SMILES string of the molecule is Cn1cc(NC(=O)CCNC(=O)c2cc(NC(=O)c3nc(NC(=O)CCNC(=O)c4cc(NC(=O)c5nccn5C)c[nH]4)cn3C)c[nH]2)nc1C(=O)NCCC(=O)NCCOCCOCCOCCOCCOCCOCCOCCOCCOc1ccc(N)cc1. The fourth-order valence-corrected chi connectivity index (χ4v) is 7.95. The summed E-state index contributed by atoms with van der Waals surface area (Å²) in [5.41, 5.74) is 7.16. The predicted octanol–water partition coefficient (Wildman–Crippen LogP) is 0.595. The minimum absolute atomic E-state index is 0.00326. The number of imidazole rings is 3. The summed E-state index contributed by atoms with van der Waals surface area (Å²) in [6.07, 6.45) is 8.54. The van der Waals surface area contributed by atoms with Crippen LogP contribution in [0.4, 0.5) is 28.7 Å². The zero-order chi connectivity index (χ0) is 65.7. The molecule has 6 aromatic rings. The second-order valence-corrected chi connectivity index (χ2v) is 19.8. The molecule has 92 heavy (non-hydrogen) atoms. The van der Waals surface area contributed by atoms with Gasteiger partial charge in [0.1, 0.15) is 23.7 Å². The number of benzene rings is 1. The number of aryl methyl sites for hydroxylation is 3. The molecule has 1 aromatic carbocycles. The number of rotatable bonds is 46. The van der Waals surface area contributed by atoms with Crippen molar-refractivity contribution >= 4 is 76.0 Å². The van der Waals surface area contributed by atoms with E-state index in [4.69, 9.17) is 48.4 Å². The molecule has 0 aliphatic carbocycles. The van der Waals surface area contributed by atoms with E-state index in [-0.39, 0.29) is 104 Å². The van der Waals surface area contributed by atoms with E-state index in [1.165, 1.54) is 52.3 Å². The molecule has 0 saturated carbocycles. The third-order valence-electron chi connectivity index (χ3n) is 12.6. The average molecular weight is 1290 g/mol. The van der Waals surface area contributed by atoms with Gasteiger partial charge in [-0.1, -0.05) is 0 Å². The van der Waals surface area contributed by atoms with Crippen molar-refractivity contribution in [2.24, 2.45) is 21.1 Å². The minimum Gasteiger partial charge on any atom is -0.491 e. The number of hydrogen-bond donors (Lipinski definition) is 11. The van der Waals surface area contributed by atoms with Crippen LogP contribution in [-0.2, 0) is 73.4 Å². The quantitative estimate of drug-likeness (QED) is 0.0184. The van der Waals surface area contributed by atoms with Crippen LogP contribution in [0.15, 0.2) is 73.6 Å². The van der Waals surface area contributed by atoms with Crippen molar-refractivity contribution in [1.29, 1.82) is 0 Å². The fourth-order valence-electron chi connectivity index (χ4n) is 7.95. The summed E-state index contributed by atoms with van der Waals surface area (Å²) in [4.78, 5) is 119. The van der Waals surface area contributed by atoms with Crippen molar-refractivity contribution < 1.29 is 81.0 Å². The number of nitrogens with zero attached hydrogens (tertiary/aromatic N) is 6. The summed E-state index contributed by atoms with van der Waals surface area (Å²) >= 11 is 0. The number of nitrogens with one attached hydrogen (secondary N) is 10. The van der Waals surface area contributed by atoms with Gasteiger partial charge in [0.25, 0.3) is 29.5 Å². The lowest BCUT2D eigenvalue weighted by atomic mass is 10.3. The Kier molecular flexibility index (Phi) is 31.3. The van der Waals surface area contributed by atoms with Gasteiger partial charge < -0.3 is 115 Å². The molecule has 5 aromatic heterocycles. The normalized spacial score (nSPS) is 11.0. The van der Waals surface area contributed by atoms with E-state index in [2.05, 4.69) is 67.5 Å². The lowest BCUT2D eigenvalue weighted by molar-refractivity contribution is -0.121. The molecule has 0 aliphatic rings. The number of H-pyrrole nitrogens is 2. The van der Waals surface area contributed by atoms with E-state index in [0.29, 0.717) is 117 Å². The van der Waals surface area contributed by atoms with Gasteiger partial charge in [-0.15, -0.1) is 0 Å². The zero-order valence-electron chi connectivity index (χ0n) is 51.6. The van der Waals surface area contributed by atoms with Crippen LogP contribution in [0.3, 0.4) is 0 Å². The first kappa shape index (κ1) is 71.5. The van der Waals surface area contributed by atoms with Crippen molar-refractivity contribution in [1.82, 2.24) is 59.9 Å². The number of nitrogens with two attached hydrogens (primary N) is 1. The third-order valence-corrected chi connectivity index (χ3v) is 12.6. The summed E-state index contributed by atoms with van der Waals surface area (Å²) in [5.74, 6) is -2.99. The Labute approximate surface area is 529 Å². The van der Waals surface area contributed by atoms with Gasteiger partial charge >= 0.3 is 0 Å². The van der Waals surface area contributed by atoms with Crippen LogP contribution in [-0.4, -0.2) is 224 Å². The van der Waals surface area contributed by atoms with Crippen molar-refractivity contribution in [3.05, 3.63) is 102 Å². The molecule has 34 heteroatoms. The van der Waals surface area contributed by atoms with Gasteiger partial charge in [-0.25, -0.2) is 15.0 Å². The summed E-state index contributed by atoms with van der Waals surface area (Å²) in [6, 6.07) is 10.0. The van der Waals surface area contributed by atoms with Crippen LogP contribution >= 0.6 is 0 Å². The largest absolute Gasteiger partial charge is 0.491 e. The van der Waals surface area contributed by atoms with E-state index in [1.807, 2.05) is 12.1 Å². The molecule has 0 aliphatic heterocycles. The predicted molar refractivity (Wildman–Crippen MR) is 331 cm³/mol. The van der Waals surface area contributed by atoms with E-state index in [0.717, 1.165) is 5.75 Å². The highest BCUT2D eigenvalue weighted by molar-refractivity contribution is 6.04. The molecule has 0 bridgehead atoms. The molecule has 0 fully saturated rings. The number of carbonyl (C=O) groups is 8. The molecule has 0 saturated heterocycles. The number of anilines is 5. The fraction of sp³-hybridized carbons (Fsp3) is 0.466. The molecule has 8 amide bonds. The standard InChI is InChI=1S/C58H81N17O17/c1-73-16-14-61-51(73)57(82)67-41-34-44(65-36-41)54(79)62-13-10-50(78)70-47-39-75(3)53(72-47)58(83)68-42-35-45(66-37-42)55(80)63-12-9-49(77)69-46-38-74(2)52(71-46)56(81)64-11-8-48(76)60-15-17-84-18-19-85-20-21-86-22-23-87-24-25-88-26-27-89-28-29-90-30-31-91-32-33-92-43-6-4-40(59)5-7-43/h4-7,14,16,34-39,65-66H,8-13,15,17-33,59H2,1-3H3,(H,60,76)(H,62,79)(H,63,80)(H,64,81)(H,67,82)(H,68,83)(H,69,77)(H,70,78).